The van der Waals surface area contributed by atoms with Crippen LogP contribution in [0.4, 0.5) is 0 Å². The van der Waals surface area contributed by atoms with E-state index in [1.165, 1.54) is 0 Å². The number of hydrogen-bond acceptors (Lipinski definition) is 7. The number of ether oxygens (including phenoxy) is 2. The summed E-state index contributed by atoms with van der Waals surface area (Å²) in [6.45, 7) is 3.38. The lowest BCUT2D eigenvalue weighted by Crippen LogP contribution is -2.59. The number of allylic oxidation sites excluding steroid dienone is 1. The van der Waals surface area contributed by atoms with Crippen LogP contribution in [0.3, 0.4) is 0 Å². The summed E-state index contributed by atoms with van der Waals surface area (Å²) in [5.74, 6) is 0.207. The van der Waals surface area contributed by atoms with Gasteiger partial charge in [0.05, 0.1) is 18.8 Å². The summed E-state index contributed by atoms with van der Waals surface area (Å²) in [4.78, 5) is 0. The molecule has 0 radical (unpaired) electrons. The Bertz CT molecular complexity index is 415. The molecule has 1 saturated heterocycles. The van der Waals surface area contributed by atoms with E-state index in [-0.39, 0.29) is 12.5 Å². The highest BCUT2D eigenvalue weighted by molar-refractivity contribution is 5.08. The second-order valence-corrected chi connectivity index (χ2v) is 7.00. The van der Waals surface area contributed by atoms with Crippen LogP contribution in [-0.4, -0.2) is 75.1 Å². The smallest absolute Gasteiger partial charge is 0.187 e. The Morgan fingerprint density at radius 3 is 2.43 bits per heavy atom. The molecule has 7 nitrogen and oxygen atoms in total. The molecule has 134 valence electrons. The molecular weight excluding hydrogens is 304 g/mol. The zero-order valence-electron chi connectivity index (χ0n) is 13.6. The minimum Gasteiger partial charge on any atom is -0.394 e. The molecule has 6 atom stereocenters. The van der Waals surface area contributed by atoms with Crippen molar-refractivity contribution < 1.29 is 35.0 Å². The molecule has 5 N–H and O–H groups in total. The maximum absolute atomic E-state index is 10.0. The summed E-state index contributed by atoms with van der Waals surface area (Å²) in [6, 6.07) is 0. The Labute approximate surface area is 136 Å². The molecule has 0 aromatic carbocycles. The topological polar surface area (TPSA) is 120 Å². The van der Waals surface area contributed by atoms with Crippen LogP contribution in [0.25, 0.3) is 0 Å². The third kappa shape index (κ3) is 4.51. The molecule has 0 amide bonds. The highest BCUT2D eigenvalue weighted by Gasteiger charge is 2.44. The van der Waals surface area contributed by atoms with Crippen molar-refractivity contribution in [1.29, 1.82) is 0 Å². The van der Waals surface area contributed by atoms with Crippen molar-refractivity contribution in [3.05, 3.63) is 11.6 Å². The molecule has 1 aliphatic carbocycles. The minimum absolute atomic E-state index is 0.207. The molecule has 7 heteroatoms. The van der Waals surface area contributed by atoms with Crippen LogP contribution in [0.2, 0.25) is 0 Å². The molecule has 1 aliphatic heterocycles. The first kappa shape index (κ1) is 18.8. The van der Waals surface area contributed by atoms with Crippen LogP contribution in [0.5, 0.6) is 0 Å². The summed E-state index contributed by atoms with van der Waals surface area (Å²) in [7, 11) is 0. The first-order valence-corrected chi connectivity index (χ1v) is 8.06. The Balaban J connectivity index is 1.87. The van der Waals surface area contributed by atoms with Gasteiger partial charge in [-0.05, 0) is 44.6 Å². The molecule has 0 bridgehead atoms. The summed E-state index contributed by atoms with van der Waals surface area (Å²) in [6.07, 6.45) is -1.81. The van der Waals surface area contributed by atoms with Gasteiger partial charge in [0.1, 0.15) is 24.4 Å². The van der Waals surface area contributed by atoms with Crippen molar-refractivity contribution in [1.82, 2.24) is 0 Å². The average Bonchev–Trinajstić information content (AvgIpc) is 2.51. The number of aliphatic hydroxyl groups excluding tert-OH is 4. The highest BCUT2D eigenvalue weighted by atomic mass is 16.7. The maximum Gasteiger partial charge on any atom is 0.187 e. The largest absolute Gasteiger partial charge is 0.394 e. The van der Waals surface area contributed by atoms with E-state index in [4.69, 9.17) is 14.6 Å². The second-order valence-electron chi connectivity index (χ2n) is 7.00. The van der Waals surface area contributed by atoms with E-state index in [9.17, 15) is 20.4 Å². The molecule has 1 fully saturated rings. The Kier molecular flexibility index (Phi) is 6.18. The lowest BCUT2D eigenvalue weighted by Gasteiger charge is -2.40. The van der Waals surface area contributed by atoms with Crippen LogP contribution >= 0.6 is 0 Å². The lowest BCUT2D eigenvalue weighted by atomic mass is 9.80. The van der Waals surface area contributed by atoms with E-state index in [0.717, 1.165) is 24.8 Å². The number of rotatable bonds is 5. The molecule has 2 aliphatic rings. The van der Waals surface area contributed by atoms with Crippen molar-refractivity contribution in [2.24, 2.45) is 5.92 Å². The van der Waals surface area contributed by atoms with Crippen LogP contribution in [-0.2, 0) is 9.47 Å². The standard InChI is InChI=1S/C16H28O7/c1-16(2,21)10-5-3-9(4-6-10)8-22-15-14(20)13(19)12(18)11(7-17)23-15/h3,10-15,17-21H,4-8H2,1-2H3/t10-,11+,12+,13-,14+,15+/m0/s1. The SMILES string of the molecule is CC(C)(O)[C@H]1CC=C(CO[C@@H]2O[C@H](CO)[C@@H](O)[C@H](O)[C@H]2O)CC1. The van der Waals surface area contributed by atoms with Crippen molar-refractivity contribution in [3.8, 4) is 0 Å². The quantitative estimate of drug-likeness (QED) is 0.422. The zero-order chi connectivity index (χ0) is 17.2. The molecule has 0 aromatic rings. The first-order chi connectivity index (χ1) is 10.7. The van der Waals surface area contributed by atoms with Gasteiger partial charge in [-0.15, -0.1) is 0 Å². The molecule has 0 unspecified atom stereocenters. The number of aliphatic hydroxyl groups is 5. The highest BCUT2D eigenvalue weighted by Crippen LogP contribution is 2.32. The predicted octanol–water partition coefficient (Wildman–Crippen LogP) is -0.700. The minimum atomic E-state index is -1.43. The average molecular weight is 332 g/mol. The van der Waals surface area contributed by atoms with E-state index < -0.39 is 42.9 Å². The van der Waals surface area contributed by atoms with Gasteiger partial charge in [-0.25, -0.2) is 0 Å². The molecule has 2 rings (SSSR count). The molecule has 0 aromatic heterocycles. The van der Waals surface area contributed by atoms with E-state index in [0.29, 0.717) is 0 Å². The van der Waals surface area contributed by atoms with Gasteiger partial charge in [0.25, 0.3) is 0 Å². The van der Waals surface area contributed by atoms with Crippen molar-refractivity contribution >= 4 is 0 Å². The Morgan fingerprint density at radius 2 is 1.91 bits per heavy atom. The van der Waals surface area contributed by atoms with E-state index in [2.05, 4.69) is 0 Å². The van der Waals surface area contributed by atoms with Gasteiger partial charge < -0.3 is 35.0 Å². The maximum atomic E-state index is 10.0. The Morgan fingerprint density at radius 1 is 1.22 bits per heavy atom. The summed E-state index contributed by atoms with van der Waals surface area (Å²) in [5.41, 5.74) is 0.336. The molecule has 0 saturated carbocycles. The molecular formula is C16H28O7. The van der Waals surface area contributed by atoms with E-state index in [1.807, 2.05) is 6.08 Å². The van der Waals surface area contributed by atoms with Crippen LogP contribution in [0, 0.1) is 5.92 Å². The van der Waals surface area contributed by atoms with Gasteiger partial charge in [0.15, 0.2) is 6.29 Å². The fraction of sp³-hybridized carbons (Fsp3) is 0.875. The van der Waals surface area contributed by atoms with Gasteiger partial charge in [-0.2, -0.15) is 0 Å². The fourth-order valence-electron chi connectivity index (χ4n) is 3.06. The summed E-state index contributed by atoms with van der Waals surface area (Å²) in [5, 5.41) is 48.5. The zero-order valence-corrected chi connectivity index (χ0v) is 13.6. The van der Waals surface area contributed by atoms with E-state index in [1.54, 1.807) is 13.8 Å². The molecule has 23 heavy (non-hydrogen) atoms. The third-order valence-corrected chi connectivity index (χ3v) is 4.79. The second kappa shape index (κ2) is 7.57. The van der Waals surface area contributed by atoms with Gasteiger partial charge >= 0.3 is 0 Å². The summed E-state index contributed by atoms with van der Waals surface area (Å²) >= 11 is 0. The lowest BCUT2D eigenvalue weighted by molar-refractivity contribution is -0.299. The first-order valence-electron chi connectivity index (χ1n) is 8.06. The predicted molar refractivity (Wildman–Crippen MR) is 81.4 cm³/mol. The van der Waals surface area contributed by atoms with Crippen LogP contribution in [0.15, 0.2) is 11.6 Å². The third-order valence-electron chi connectivity index (χ3n) is 4.79. The fourth-order valence-corrected chi connectivity index (χ4v) is 3.06. The molecule has 1 heterocycles. The normalized spacial score (nSPS) is 39.2. The Hall–Kier alpha value is -0.540. The van der Waals surface area contributed by atoms with Gasteiger partial charge in [-0.3, -0.25) is 0 Å². The van der Waals surface area contributed by atoms with Gasteiger partial charge in [0.2, 0.25) is 0 Å². The monoisotopic (exact) mass is 332 g/mol. The van der Waals surface area contributed by atoms with E-state index >= 15 is 0 Å². The van der Waals surface area contributed by atoms with Gasteiger partial charge in [0, 0.05) is 0 Å². The summed E-state index contributed by atoms with van der Waals surface area (Å²) < 4.78 is 10.8. The molecule has 0 spiro atoms. The van der Waals surface area contributed by atoms with Crippen LogP contribution in [0.1, 0.15) is 33.1 Å². The van der Waals surface area contributed by atoms with Crippen molar-refractivity contribution in [2.45, 2.75) is 69.4 Å². The van der Waals surface area contributed by atoms with Crippen molar-refractivity contribution in [2.75, 3.05) is 13.2 Å². The van der Waals surface area contributed by atoms with Crippen LogP contribution < -0.4 is 0 Å². The van der Waals surface area contributed by atoms with Gasteiger partial charge in [-0.1, -0.05) is 6.08 Å². The van der Waals surface area contributed by atoms with Crippen molar-refractivity contribution in [3.63, 3.8) is 0 Å². The number of hydrogen-bond donors (Lipinski definition) is 5.